The second-order valence-electron chi connectivity index (χ2n) is 14.0. The topological polar surface area (TPSA) is 161 Å². The molecule has 48 heavy (non-hydrogen) atoms. The summed E-state index contributed by atoms with van der Waals surface area (Å²) in [6, 6.07) is 21.0. The molecule has 4 aromatic carbocycles. The SMILES string of the molecule is CC(C)(C)Oc1ccc(S(=O)(=O)c2ccc(Oc3ccc(C(C)(C)c4ccc(C(C)(C)C)cc4)cc3)c(S(=O)(=O)O)c2)cc1S(=O)(=O)O. The van der Waals surface area contributed by atoms with E-state index in [1.54, 1.807) is 32.9 Å². The Labute approximate surface area is 283 Å². The van der Waals surface area contributed by atoms with Crippen LogP contribution in [0.2, 0.25) is 0 Å². The number of rotatable bonds is 9. The Morgan fingerprint density at radius 3 is 1.33 bits per heavy atom. The van der Waals surface area contributed by atoms with Gasteiger partial charge in [0.1, 0.15) is 32.6 Å². The van der Waals surface area contributed by atoms with Crippen molar-refractivity contribution in [3.63, 3.8) is 0 Å². The standard InChI is InChI=1S/C35H40O10S3/c1-33(2,3)23-9-11-24(12-10-23)35(7,8)25-13-15-26(16-14-25)44-29-19-17-27(21-31(29)47(38,39)40)46(36,37)28-18-20-30(45-34(4,5)6)32(22-28)48(41,42)43/h9-22H,1-8H3,(H,38,39,40)(H,41,42,43). The lowest BCUT2D eigenvalue weighted by Gasteiger charge is -2.28. The van der Waals surface area contributed by atoms with Crippen LogP contribution in [0.1, 0.15) is 72.1 Å². The van der Waals surface area contributed by atoms with E-state index in [2.05, 4.69) is 58.9 Å². The van der Waals surface area contributed by atoms with Gasteiger partial charge in [0.15, 0.2) is 0 Å². The second kappa shape index (κ2) is 12.6. The van der Waals surface area contributed by atoms with Crippen molar-refractivity contribution in [1.29, 1.82) is 0 Å². The molecule has 0 aliphatic heterocycles. The zero-order chi connectivity index (χ0) is 36.1. The number of ether oxygens (including phenoxy) is 2. The predicted octanol–water partition coefficient (Wildman–Crippen LogP) is 7.61. The van der Waals surface area contributed by atoms with Crippen LogP contribution in [-0.4, -0.2) is 40.0 Å². The van der Waals surface area contributed by atoms with Crippen LogP contribution in [0.15, 0.2) is 105 Å². The number of benzene rings is 4. The van der Waals surface area contributed by atoms with Gasteiger partial charge < -0.3 is 9.47 Å². The molecule has 0 aliphatic carbocycles. The molecule has 13 heteroatoms. The van der Waals surface area contributed by atoms with E-state index in [-0.39, 0.29) is 28.1 Å². The Morgan fingerprint density at radius 2 is 0.917 bits per heavy atom. The molecule has 0 heterocycles. The highest BCUT2D eigenvalue weighted by molar-refractivity contribution is 7.91. The fourth-order valence-electron chi connectivity index (χ4n) is 4.97. The summed E-state index contributed by atoms with van der Waals surface area (Å²) in [4.78, 5) is -2.77. The molecule has 0 fully saturated rings. The lowest BCUT2D eigenvalue weighted by Crippen LogP contribution is -2.24. The smallest absolute Gasteiger partial charge is 0.298 e. The highest BCUT2D eigenvalue weighted by Crippen LogP contribution is 2.37. The van der Waals surface area contributed by atoms with Crippen LogP contribution in [0, 0.1) is 0 Å². The van der Waals surface area contributed by atoms with Crippen molar-refractivity contribution in [2.45, 2.75) is 91.4 Å². The largest absolute Gasteiger partial charge is 0.487 e. The molecule has 0 aliphatic rings. The van der Waals surface area contributed by atoms with Gasteiger partial charge in [0, 0.05) is 5.41 Å². The Balaban J connectivity index is 1.67. The highest BCUT2D eigenvalue weighted by atomic mass is 32.2. The van der Waals surface area contributed by atoms with Crippen molar-refractivity contribution in [3.8, 4) is 17.2 Å². The summed E-state index contributed by atoms with van der Waals surface area (Å²) in [5.74, 6) is -0.390. The molecule has 0 radical (unpaired) electrons. The van der Waals surface area contributed by atoms with Gasteiger partial charge in [0.05, 0.1) is 9.79 Å². The van der Waals surface area contributed by atoms with Crippen molar-refractivity contribution < 1.29 is 43.8 Å². The van der Waals surface area contributed by atoms with E-state index in [0.717, 1.165) is 35.4 Å². The maximum absolute atomic E-state index is 13.5. The van der Waals surface area contributed by atoms with Gasteiger partial charge in [0.2, 0.25) is 9.84 Å². The van der Waals surface area contributed by atoms with Gasteiger partial charge in [-0.25, -0.2) is 8.42 Å². The third-order valence-corrected chi connectivity index (χ3v) is 11.2. The first-order chi connectivity index (χ1) is 21.8. The van der Waals surface area contributed by atoms with Crippen molar-refractivity contribution in [2.75, 3.05) is 0 Å². The zero-order valence-electron chi connectivity index (χ0n) is 28.0. The minimum Gasteiger partial charge on any atom is -0.487 e. The van der Waals surface area contributed by atoms with Crippen LogP contribution in [0.5, 0.6) is 17.2 Å². The molecule has 4 rings (SSSR count). The van der Waals surface area contributed by atoms with Crippen LogP contribution >= 0.6 is 0 Å². The number of hydrogen-bond donors (Lipinski definition) is 2. The Morgan fingerprint density at radius 1 is 0.521 bits per heavy atom. The highest BCUT2D eigenvalue weighted by Gasteiger charge is 2.29. The zero-order valence-corrected chi connectivity index (χ0v) is 30.4. The Bertz CT molecular complexity index is 2160. The first kappa shape index (κ1) is 37.1. The van der Waals surface area contributed by atoms with Crippen LogP contribution in [0.4, 0.5) is 0 Å². The molecule has 0 spiro atoms. The van der Waals surface area contributed by atoms with Crippen LogP contribution in [0.3, 0.4) is 0 Å². The fourth-order valence-corrected chi connectivity index (χ4v) is 7.71. The summed E-state index contributed by atoms with van der Waals surface area (Å²) in [5, 5.41) is 0. The third-order valence-electron chi connectivity index (χ3n) is 7.70. The number of hydrogen-bond acceptors (Lipinski definition) is 8. The molecular weight excluding hydrogens is 677 g/mol. The summed E-state index contributed by atoms with van der Waals surface area (Å²) < 4.78 is 107. The van der Waals surface area contributed by atoms with Crippen molar-refractivity contribution in [1.82, 2.24) is 0 Å². The molecular formula is C35H40O10S3. The van der Waals surface area contributed by atoms with E-state index in [1.165, 1.54) is 5.56 Å². The summed E-state index contributed by atoms with van der Waals surface area (Å²) in [6.45, 7) is 15.5. The molecule has 0 saturated carbocycles. The van der Waals surface area contributed by atoms with E-state index in [4.69, 9.17) is 9.47 Å². The summed E-state index contributed by atoms with van der Waals surface area (Å²) in [7, 11) is -14.5. The van der Waals surface area contributed by atoms with Crippen molar-refractivity contribution in [3.05, 3.63) is 102 Å². The van der Waals surface area contributed by atoms with Gasteiger partial charge in [-0.1, -0.05) is 71.0 Å². The Hall–Kier alpha value is -3.75. The minimum atomic E-state index is -5.00. The van der Waals surface area contributed by atoms with Gasteiger partial charge in [-0.05, 0) is 91.4 Å². The summed E-state index contributed by atoms with van der Waals surface area (Å²) >= 11 is 0. The molecule has 0 aromatic heterocycles. The minimum absolute atomic E-state index is 0.0184. The quantitative estimate of drug-likeness (QED) is 0.165. The van der Waals surface area contributed by atoms with Crippen LogP contribution in [-0.2, 0) is 40.9 Å². The molecule has 0 amide bonds. The summed E-state index contributed by atoms with van der Waals surface area (Å²) in [6.07, 6.45) is 0. The van der Waals surface area contributed by atoms with E-state index >= 15 is 0 Å². The molecule has 2 N–H and O–H groups in total. The van der Waals surface area contributed by atoms with E-state index < -0.39 is 55.3 Å². The van der Waals surface area contributed by atoms with Crippen molar-refractivity contribution >= 4 is 30.1 Å². The average molecular weight is 717 g/mol. The second-order valence-corrected chi connectivity index (χ2v) is 18.7. The van der Waals surface area contributed by atoms with E-state index in [0.29, 0.717) is 12.1 Å². The van der Waals surface area contributed by atoms with Gasteiger partial charge in [0.25, 0.3) is 20.2 Å². The molecule has 0 saturated heterocycles. The predicted molar refractivity (Wildman–Crippen MR) is 182 cm³/mol. The first-order valence-electron chi connectivity index (χ1n) is 14.9. The van der Waals surface area contributed by atoms with E-state index in [9.17, 15) is 34.4 Å². The van der Waals surface area contributed by atoms with Crippen LogP contribution in [0.25, 0.3) is 0 Å². The maximum Gasteiger partial charge on any atom is 0.298 e. The molecule has 10 nitrogen and oxygen atoms in total. The molecule has 0 atom stereocenters. The summed E-state index contributed by atoms with van der Waals surface area (Å²) in [5.41, 5.74) is 2.02. The molecule has 258 valence electrons. The van der Waals surface area contributed by atoms with E-state index in [1.807, 2.05) is 12.1 Å². The fraction of sp³-hybridized carbons (Fsp3) is 0.314. The molecule has 0 unspecified atom stereocenters. The van der Waals surface area contributed by atoms with Gasteiger partial charge >= 0.3 is 0 Å². The monoisotopic (exact) mass is 716 g/mol. The van der Waals surface area contributed by atoms with Crippen LogP contribution < -0.4 is 9.47 Å². The van der Waals surface area contributed by atoms with Gasteiger partial charge in [-0.3, -0.25) is 9.11 Å². The lowest BCUT2D eigenvalue weighted by atomic mass is 9.77. The number of sulfone groups is 1. The average Bonchev–Trinajstić information content (AvgIpc) is 2.95. The van der Waals surface area contributed by atoms with Crippen molar-refractivity contribution in [2.24, 2.45) is 0 Å². The Kier molecular flexibility index (Phi) is 9.74. The maximum atomic E-state index is 13.5. The van der Waals surface area contributed by atoms with Gasteiger partial charge in [-0.15, -0.1) is 0 Å². The molecule has 0 bridgehead atoms. The normalized spacial score (nSPS) is 13.3. The third kappa shape index (κ3) is 8.27. The lowest BCUT2D eigenvalue weighted by molar-refractivity contribution is 0.126. The van der Waals surface area contributed by atoms with Gasteiger partial charge in [-0.2, -0.15) is 16.8 Å². The molecule has 4 aromatic rings. The first-order valence-corrected chi connectivity index (χ1v) is 19.2.